The fourth-order valence-electron chi connectivity index (χ4n) is 3.67. The summed E-state index contributed by atoms with van der Waals surface area (Å²) in [4.78, 5) is 24.3. The highest BCUT2D eigenvalue weighted by Crippen LogP contribution is 2.37. The number of ether oxygens (including phenoxy) is 1. The van der Waals surface area contributed by atoms with Gasteiger partial charge in [0.15, 0.2) is 17.9 Å². The van der Waals surface area contributed by atoms with E-state index in [0.29, 0.717) is 17.7 Å². The van der Waals surface area contributed by atoms with Crippen molar-refractivity contribution >= 4 is 11.7 Å². The number of quaternary nitrogens is 1. The summed E-state index contributed by atoms with van der Waals surface area (Å²) in [5, 5.41) is 21.0. The number of nitrogens with two attached hydrogens (primary N) is 1. The summed E-state index contributed by atoms with van der Waals surface area (Å²) in [6.45, 7) is 1.39. The van der Waals surface area contributed by atoms with Crippen LogP contribution in [0.2, 0.25) is 0 Å². The van der Waals surface area contributed by atoms with Gasteiger partial charge in [0.1, 0.15) is 18.2 Å². The summed E-state index contributed by atoms with van der Waals surface area (Å²) in [5.41, 5.74) is 6.12. The molecule has 1 aromatic carbocycles. The summed E-state index contributed by atoms with van der Waals surface area (Å²) < 4.78 is 4.41. The number of piperidine rings is 1. The van der Waals surface area contributed by atoms with Gasteiger partial charge >= 0.3 is 0 Å². The van der Waals surface area contributed by atoms with Gasteiger partial charge in [0, 0.05) is 6.42 Å². The number of likely N-dealkylation sites (tertiary alicyclic amines) is 1. The fourth-order valence-corrected chi connectivity index (χ4v) is 3.67. The number of methoxy groups -OCH3 is 1. The van der Waals surface area contributed by atoms with Gasteiger partial charge in [0.25, 0.3) is 5.91 Å². The molecule has 1 fully saturated rings. The minimum atomic E-state index is -0.865. The second kappa shape index (κ2) is 7.29. The van der Waals surface area contributed by atoms with E-state index in [2.05, 4.69) is 0 Å². The normalized spacial score (nSPS) is 28.4. The standard InChI is InChI=1S/C17H24N2O5/c1-3-13(17(18)22)19(23)9-8-15(21)16(14(19)10-20)11-4-6-12(24-2)7-5-11/h4-7,13-14,16,20,23H,3,8-10H2,1-2H3,(H-,18,22)/p+1/t13-,14?,16+,19?/m1/s1. The van der Waals surface area contributed by atoms with Crippen molar-refractivity contribution in [1.29, 1.82) is 0 Å². The Labute approximate surface area is 141 Å². The number of carbonyl (C=O) groups excluding carboxylic acids is 2. The molecule has 1 saturated heterocycles. The highest BCUT2D eigenvalue weighted by Gasteiger charge is 2.54. The zero-order chi connectivity index (χ0) is 17.9. The first-order valence-electron chi connectivity index (χ1n) is 8.06. The second-order valence-corrected chi connectivity index (χ2v) is 6.15. The van der Waals surface area contributed by atoms with Crippen molar-refractivity contribution in [3.63, 3.8) is 0 Å². The van der Waals surface area contributed by atoms with Gasteiger partial charge in [-0.3, -0.25) is 9.59 Å². The van der Waals surface area contributed by atoms with E-state index in [0.717, 1.165) is 0 Å². The highest BCUT2D eigenvalue weighted by atomic mass is 16.6. The Bertz CT molecular complexity index is 604. The molecule has 0 radical (unpaired) electrons. The number of hydrogen-bond acceptors (Lipinski definition) is 5. The van der Waals surface area contributed by atoms with Crippen LogP contribution in [0.4, 0.5) is 0 Å². The number of aliphatic hydroxyl groups excluding tert-OH is 1. The van der Waals surface area contributed by atoms with Gasteiger partial charge in [-0.15, -0.1) is 0 Å². The molecule has 0 bridgehead atoms. The van der Waals surface area contributed by atoms with E-state index in [1.54, 1.807) is 38.3 Å². The Morgan fingerprint density at radius 2 is 2.04 bits per heavy atom. The van der Waals surface area contributed by atoms with Gasteiger partial charge in [-0.2, -0.15) is 4.65 Å². The molecule has 1 heterocycles. The predicted molar refractivity (Wildman–Crippen MR) is 86.4 cm³/mol. The molecular weight excluding hydrogens is 312 g/mol. The number of Topliss-reactive ketones (excluding diaryl/α,β-unsaturated/α-hetero) is 1. The van der Waals surface area contributed by atoms with Gasteiger partial charge in [-0.1, -0.05) is 19.1 Å². The monoisotopic (exact) mass is 337 g/mol. The number of amides is 1. The minimum absolute atomic E-state index is 0.0676. The average molecular weight is 337 g/mol. The van der Waals surface area contributed by atoms with Crippen LogP contribution in [0, 0.1) is 0 Å². The molecule has 2 unspecified atom stereocenters. The number of aliphatic hydroxyl groups is 1. The third-order valence-corrected chi connectivity index (χ3v) is 4.94. The zero-order valence-corrected chi connectivity index (χ0v) is 14.0. The molecule has 4 N–H and O–H groups in total. The summed E-state index contributed by atoms with van der Waals surface area (Å²) >= 11 is 0. The van der Waals surface area contributed by atoms with Crippen molar-refractivity contribution in [2.75, 3.05) is 20.3 Å². The molecule has 0 spiro atoms. The molecule has 1 aliphatic heterocycles. The third-order valence-electron chi connectivity index (χ3n) is 4.94. The number of nitrogens with zero attached hydrogens (tertiary/aromatic N) is 1. The molecule has 24 heavy (non-hydrogen) atoms. The topological polar surface area (TPSA) is 110 Å². The molecule has 0 aliphatic carbocycles. The van der Waals surface area contributed by atoms with E-state index in [1.165, 1.54) is 0 Å². The molecule has 2 rings (SSSR count). The quantitative estimate of drug-likeness (QED) is 0.658. The number of ketones is 1. The van der Waals surface area contributed by atoms with E-state index in [4.69, 9.17) is 10.5 Å². The van der Waals surface area contributed by atoms with E-state index in [9.17, 15) is 19.9 Å². The smallest absolute Gasteiger partial charge is 0.278 e. The molecule has 4 atom stereocenters. The lowest BCUT2D eigenvalue weighted by atomic mass is 9.81. The van der Waals surface area contributed by atoms with Crippen LogP contribution in [0.5, 0.6) is 5.75 Å². The van der Waals surface area contributed by atoms with E-state index < -0.39 is 35.2 Å². The molecular formula is C17H25N2O5+. The van der Waals surface area contributed by atoms with E-state index in [1.807, 2.05) is 0 Å². The van der Waals surface area contributed by atoms with Gasteiger partial charge in [-0.25, -0.2) is 5.21 Å². The van der Waals surface area contributed by atoms with Crippen molar-refractivity contribution in [3.05, 3.63) is 29.8 Å². The molecule has 132 valence electrons. The van der Waals surface area contributed by atoms with Gasteiger partial charge in [0.05, 0.1) is 20.1 Å². The number of hydrogen-bond donors (Lipinski definition) is 3. The number of rotatable bonds is 6. The second-order valence-electron chi connectivity index (χ2n) is 6.15. The molecule has 1 amide bonds. The summed E-state index contributed by atoms with van der Waals surface area (Å²) in [7, 11) is 1.55. The average Bonchev–Trinajstić information content (AvgIpc) is 2.57. The molecule has 1 aromatic rings. The lowest BCUT2D eigenvalue weighted by Gasteiger charge is -2.46. The first-order valence-corrected chi connectivity index (χ1v) is 8.06. The van der Waals surface area contributed by atoms with Crippen molar-refractivity contribution < 1.29 is 29.3 Å². The number of benzene rings is 1. The Balaban J connectivity index is 2.44. The maximum Gasteiger partial charge on any atom is 0.278 e. The minimum Gasteiger partial charge on any atom is -0.497 e. The van der Waals surface area contributed by atoms with Crippen LogP contribution >= 0.6 is 0 Å². The fraction of sp³-hybridized carbons (Fsp3) is 0.529. The third kappa shape index (κ3) is 3.15. The van der Waals surface area contributed by atoms with Crippen LogP contribution < -0.4 is 10.5 Å². The Morgan fingerprint density at radius 3 is 2.50 bits per heavy atom. The van der Waals surface area contributed by atoms with Crippen LogP contribution in [0.25, 0.3) is 0 Å². The summed E-state index contributed by atoms with van der Waals surface area (Å²) in [6.07, 6.45) is 0.444. The maximum atomic E-state index is 12.5. The zero-order valence-electron chi connectivity index (χ0n) is 14.0. The highest BCUT2D eigenvalue weighted by molar-refractivity contribution is 5.87. The van der Waals surface area contributed by atoms with Crippen LogP contribution in [-0.4, -0.2) is 59.0 Å². The van der Waals surface area contributed by atoms with Crippen molar-refractivity contribution in [3.8, 4) is 5.75 Å². The molecule has 7 heteroatoms. The van der Waals surface area contributed by atoms with Crippen LogP contribution in [0.1, 0.15) is 31.2 Å². The number of carbonyl (C=O) groups is 2. The molecule has 0 saturated carbocycles. The number of primary amides is 1. The lowest BCUT2D eigenvalue weighted by molar-refractivity contribution is -1.13. The lowest BCUT2D eigenvalue weighted by Crippen LogP contribution is -2.69. The van der Waals surface area contributed by atoms with E-state index >= 15 is 0 Å². The maximum absolute atomic E-state index is 12.5. The van der Waals surface area contributed by atoms with Gasteiger partial charge in [-0.05, 0) is 17.7 Å². The first kappa shape index (κ1) is 18.4. The van der Waals surface area contributed by atoms with Gasteiger partial charge in [0.2, 0.25) is 0 Å². The SMILES string of the molecule is CC[C@H](C(N)=O)[N+]1(O)CCC(=O)[C@@H](c2ccc(OC)cc2)C1CO. The van der Waals surface area contributed by atoms with Crippen molar-refractivity contribution in [2.24, 2.45) is 5.73 Å². The van der Waals surface area contributed by atoms with Crippen LogP contribution in [-0.2, 0) is 9.59 Å². The van der Waals surface area contributed by atoms with Crippen molar-refractivity contribution in [1.82, 2.24) is 0 Å². The largest absolute Gasteiger partial charge is 0.497 e. The van der Waals surface area contributed by atoms with Gasteiger partial charge < -0.3 is 15.6 Å². The first-order chi connectivity index (χ1) is 11.4. The Morgan fingerprint density at radius 1 is 1.42 bits per heavy atom. The van der Waals surface area contributed by atoms with Crippen molar-refractivity contribution in [2.45, 2.75) is 37.8 Å². The summed E-state index contributed by atoms with van der Waals surface area (Å²) in [6, 6.07) is 5.23. The Hall–Kier alpha value is -1.96. The summed E-state index contributed by atoms with van der Waals surface area (Å²) in [5.74, 6) is -0.758. The molecule has 1 aliphatic rings. The van der Waals surface area contributed by atoms with Crippen LogP contribution in [0.15, 0.2) is 24.3 Å². The van der Waals surface area contributed by atoms with Crippen LogP contribution in [0.3, 0.4) is 0 Å². The molecule has 0 aromatic heterocycles. The van der Waals surface area contributed by atoms with E-state index in [-0.39, 0.29) is 18.7 Å². The Kier molecular flexibility index (Phi) is 5.58. The number of hydroxylamine groups is 3. The predicted octanol–water partition coefficient (Wildman–Crippen LogP) is 0.582. The molecule has 7 nitrogen and oxygen atoms in total.